The Kier molecular flexibility index (Phi) is 10.2. The van der Waals surface area contributed by atoms with E-state index in [0.29, 0.717) is 0 Å². The normalized spacial score (nSPS) is 13.6. The van der Waals surface area contributed by atoms with Crippen molar-refractivity contribution in [3.63, 3.8) is 0 Å². The van der Waals surface area contributed by atoms with Crippen LogP contribution < -0.4 is 0 Å². The summed E-state index contributed by atoms with van der Waals surface area (Å²) in [6, 6.07) is 0.107. The maximum atomic E-state index is 12.6. The van der Waals surface area contributed by atoms with Gasteiger partial charge in [0, 0.05) is 12.8 Å². The van der Waals surface area contributed by atoms with Gasteiger partial charge in [-0.1, -0.05) is 0 Å². The summed E-state index contributed by atoms with van der Waals surface area (Å²) in [7, 11) is -5.40. The molecule has 0 fully saturated rings. The molecular formula is C18H14F12O8S. The lowest BCUT2D eigenvalue weighted by Crippen LogP contribution is -2.37. The fourth-order valence-electron chi connectivity index (χ4n) is 2.79. The zero-order valence-electron chi connectivity index (χ0n) is 18.4. The summed E-state index contributed by atoms with van der Waals surface area (Å²) in [5.41, 5.74) is -2.92. The average Bonchev–Trinajstić information content (AvgIpc) is 2.69. The molecule has 224 valence electrons. The first-order chi connectivity index (χ1) is 17.3. The van der Waals surface area contributed by atoms with Crippen LogP contribution in [-0.2, 0) is 19.6 Å². The molecule has 0 radical (unpaired) electrons. The quantitative estimate of drug-likeness (QED) is 0.219. The molecule has 0 aliphatic rings. The Morgan fingerprint density at radius 2 is 0.974 bits per heavy atom. The predicted octanol–water partition coefficient (Wildman–Crippen LogP) is 5.21. The molecule has 1 aromatic rings. The van der Waals surface area contributed by atoms with E-state index in [1.807, 2.05) is 0 Å². The summed E-state index contributed by atoms with van der Waals surface area (Å²) in [6.45, 7) is -3.26. The van der Waals surface area contributed by atoms with Crippen molar-refractivity contribution in [3.8, 4) is 5.75 Å². The van der Waals surface area contributed by atoms with Crippen LogP contribution in [-0.4, -0.2) is 67.9 Å². The maximum absolute atomic E-state index is 12.6. The number of carbonyl (C=O) groups excluding carboxylic acids is 2. The van der Waals surface area contributed by atoms with Crippen LogP contribution in [0, 0.1) is 11.8 Å². The number of phenols is 1. The number of alkyl halides is 12. The largest absolute Gasteiger partial charge is 0.506 e. The zero-order chi connectivity index (χ0) is 30.8. The van der Waals surface area contributed by atoms with Crippen molar-refractivity contribution in [1.29, 1.82) is 0 Å². The highest BCUT2D eigenvalue weighted by Gasteiger charge is 2.57. The summed E-state index contributed by atoms with van der Waals surface area (Å²) in [5, 5.41) is 10.1. The van der Waals surface area contributed by atoms with E-state index in [9.17, 15) is 75.8 Å². The van der Waals surface area contributed by atoms with Gasteiger partial charge in [0.15, 0.2) is 11.8 Å². The van der Waals surface area contributed by atoms with Crippen LogP contribution in [0.5, 0.6) is 5.75 Å². The van der Waals surface area contributed by atoms with Gasteiger partial charge in [-0.3, -0.25) is 4.55 Å². The van der Waals surface area contributed by atoms with E-state index >= 15 is 0 Å². The third-order valence-corrected chi connectivity index (χ3v) is 5.51. The van der Waals surface area contributed by atoms with Crippen molar-refractivity contribution in [2.45, 2.75) is 42.4 Å². The number of esters is 2. The van der Waals surface area contributed by atoms with E-state index in [-0.39, 0.29) is 12.1 Å². The minimum atomic E-state index is -5.83. The van der Waals surface area contributed by atoms with E-state index in [2.05, 4.69) is 9.47 Å². The highest BCUT2D eigenvalue weighted by Crippen LogP contribution is 2.42. The van der Waals surface area contributed by atoms with E-state index in [4.69, 9.17) is 4.55 Å². The predicted molar refractivity (Wildman–Crippen MR) is 98.9 cm³/mol. The Morgan fingerprint density at radius 1 is 0.692 bits per heavy atom. The van der Waals surface area contributed by atoms with Crippen molar-refractivity contribution in [1.82, 2.24) is 0 Å². The lowest BCUT2D eigenvalue weighted by atomic mass is 10.1. The molecule has 0 heterocycles. The van der Waals surface area contributed by atoms with Gasteiger partial charge < -0.3 is 14.6 Å². The van der Waals surface area contributed by atoms with Crippen LogP contribution in [0.25, 0.3) is 0 Å². The molecule has 0 spiro atoms. The molecule has 8 nitrogen and oxygen atoms in total. The van der Waals surface area contributed by atoms with Crippen molar-refractivity contribution in [2.75, 3.05) is 13.2 Å². The number of carbonyl (C=O) groups is 2. The molecule has 0 saturated heterocycles. The molecule has 0 aromatic heterocycles. The van der Waals surface area contributed by atoms with Crippen molar-refractivity contribution >= 4 is 22.1 Å². The molecule has 0 unspecified atom stereocenters. The summed E-state index contributed by atoms with van der Waals surface area (Å²) >= 11 is 0. The Bertz CT molecular complexity index is 1050. The van der Waals surface area contributed by atoms with Gasteiger partial charge in [-0.15, -0.1) is 0 Å². The molecule has 2 N–H and O–H groups in total. The van der Waals surface area contributed by atoms with Crippen molar-refractivity contribution in [3.05, 3.63) is 23.3 Å². The molecule has 21 heteroatoms. The molecule has 0 bridgehead atoms. The standard InChI is InChI=1S/C18H14F12O8S/c19-15(20,21)10(16(22,23)24)1-3-37-13(32)8-5-7(39(34,35)36)6-9(12(8)31)14(33)38-4-2-11(17(25,26)27)18(28,29)30/h5-6,10-11,31H,1-4H2,(H,34,35,36). The van der Waals surface area contributed by atoms with Crippen LogP contribution in [0.15, 0.2) is 17.0 Å². The van der Waals surface area contributed by atoms with Gasteiger partial charge in [0.25, 0.3) is 10.1 Å². The number of halogens is 12. The van der Waals surface area contributed by atoms with Crippen LogP contribution in [0.4, 0.5) is 52.7 Å². The molecule has 1 aromatic carbocycles. The lowest BCUT2D eigenvalue weighted by molar-refractivity contribution is -0.288. The number of phenolic OH excluding ortho intramolecular Hbond substituents is 1. The lowest BCUT2D eigenvalue weighted by Gasteiger charge is -2.22. The molecule has 0 aliphatic carbocycles. The van der Waals surface area contributed by atoms with Crippen LogP contribution in [0.3, 0.4) is 0 Å². The second-order valence-corrected chi connectivity index (χ2v) is 8.88. The topological polar surface area (TPSA) is 127 Å². The third-order valence-electron chi connectivity index (χ3n) is 4.68. The van der Waals surface area contributed by atoms with Gasteiger partial charge in [0.2, 0.25) is 0 Å². The first kappa shape index (κ1) is 34.1. The van der Waals surface area contributed by atoms with Gasteiger partial charge in [0.05, 0.1) is 18.1 Å². The Labute approximate surface area is 209 Å². The number of hydrogen-bond acceptors (Lipinski definition) is 7. The van der Waals surface area contributed by atoms with Crippen molar-refractivity contribution in [2.24, 2.45) is 11.8 Å². The fourth-order valence-corrected chi connectivity index (χ4v) is 3.32. The Morgan fingerprint density at radius 3 is 1.21 bits per heavy atom. The van der Waals surface area contributed by atoms with Crippen LogP contribution in [0.2, 0.25) is 0 Å². The number of hydrogen-bond donors (Lipinski definition) is 2. The minimum absolute atomic E-state index is 0.0537. The van der Waals surface area contributed by atoms with E-state index < -0.39 is 106 Å². The van der Waals surface area contributed by atoms with Gasteiger partial charge in [-0.25, -0.2) is 9.59 Å². The van der Waals surface area contributed by atoms with Gasteiger partial charge in [0.1, 0.15) is 16.9 Å². The SMILES string of the molecule is O=C(OCCC(C(F)(F)F)C(F)(F)F)c1cc(S(=O)(=O)O)cc(C(=O)OCCC(C(F)(F)F)C(F)(F)F)c1O. The molecular weight excluding hydrogens is 604 g/mol. The van der Waals surface area contributed by atoms with Gasteiger partial charge in [-0.05, 0) is 12.1 Å². The average molecular weight is 618 g/mol. The van der Waals surface area contributed by atoms with E-state index in [0.717, 1.165) is 0 Å². The summed E-state index contributed by atoms with van der Waals surface area (Å²) < 4.78 is 191. The summed E-state index contributed by atoms with van der Waals surface area (Å²) in [5.74, 6) is -13.7. The van der Waals surface area contributed by atoms with Gasteiger partial charge in [-0.2, -0.15) is 61.1 Å². The van der Waals surface area contributed by atoms with Crippen LogP contribution >= 0.6 is 0 Å². The Hall–Kier alpha value is -2.97. The molecule has 39 heavy (non-hydrogen) atoms. The highest BCUT2D eigenvalue weighted by atomic mass is 32.2. The van der Waals surface area contributed by atoms with Crippen LogP contribution in [0.1, 0.15) is 33.6 Å². The second kappa shape index (κ2) is 11.6. The first-order valence-corrected chi connectivity index (χ1v) is 11.2. The zero-order valence-corrected chi connectivity index (χ0v) is 19.2. The maximum Gasteiger partial charge on any atom is 0.400 e. The number of ether oxygens (including phenoxy) is 2. The monoisotopic (exact) mass is 618 g/mol. The number of benzene rings is 1. The Balaban J connectivity index is 3.21. The summed E-state index contributed by atoms with van der Waals surface area (Å²) in [6.07, 6.45) is -27.1. The molecule has 1 rings (SSSR count). The number of rotatable bonds is 9. The molecule has 0 amide bonds. The van der Waals surface area contributed by atoms with Gasteiger partial charge >= 0.3 is 36.6 Å². The summed E-state index contributed by atoms with van der Waals surface area (Å²) in [4.78, 5) is 22.8. The van der Waals surface area contributed by atoms with Crippen molar-refractivity contribution < 1.29 is 89.8 Å². The first-order valence-electron chi connectivity index (χ1n) is 9.73. The molecule has 0 atom stereocenters. The molecule has 0 saturated carbocycles. The second-order valence-electron chi connectivity index (χ2n) is 7.46. The smallest absolute Gasteiger partial charge is 0.400 e. The fraction of sp³-hybridized carbons (Fsp3) is 0.556. The van der Waals surface area contributed by atoms with E-state index in [1.165, 1.54) is 0 Å². The van der Waals surface area contributed by atoms with E-state index in [1.54, 1.807) is 0 Å². The molecule has 0 aliphatic heterocycles. The highest BCUT2D eigenvalue weighted by molar-refractivity contribution is 7.85. The minimum Gasteiger partial charge on any atom is -0.506 e. The number of aromatic hydroxyl groups is 1. The third kappa shape index (κ3) is 9.62.